The van der Waals surface area contributed by atoms with Gasteiger partial charge in [-0.1, -0.05) is 50.6 Å². The Bertz CT molecular complexity index is 788. The van der Waals surface area contributed by atoms with Crippen molar-refractivity contribution in [3.8, 4) is 0 Å². The maximum absolute atomic E-state index is 12.8. The Labute approximate surface area is 157 Å². The summed E-state index contributed by atoms with van der Waals surface area (Å²) in [5.74, 6) is -0.790. The van der Waals surface area contributed by atoms with Crippen molar-refractivity contribution in [3.05, 3.63) is 69.3 Å². The van der Waals surface area contributed by atoms with Crippen molar-refractivity contribution < 1.29 is 14.7 Å². The van der Waals surface area contributed by atoms with Crippen molar-refractivity contribution in [2.45, 2.75) is 60.8 Å². The van der Waals surface area contributed by atoms with Gasteiger partial charge in [-0.15, -0.1) is 0 Å². The van der Waals surface area contributed by atoms with Crippen LogP contribution < -0.4 is 0 Å². The Morgan fingerprint density at radius 1 is 0.846 bits per heavy atom. The monoisotopic (exact) mass is 354 g/mol. The molecule has 2 aromatic rings. The molecule has 0 aromatic heterocycles. The molecule has 0 aliphatic heterocycles. The molecular weight excluding hydrogens is 324 g/mol. The summed E-state index contributed by atoms with van der Waals surface area (Å²) in [5, 5.41) is 8.76. The number of carbonyl (C=O) groups excluding carboxylic acids is 1. The van der Waals surface area contributed by atoms with Crippen LogP contribution in [0.15, 0.2) is 30.3 Å². The Morgan fingerprint density at radius 2 is 1.42 bits per heavy atom. The molecule has 2 aromatic carbocycles. The normalized spacial score (nSPS) is 10.1. The fraction of sp³-hybridized carbons (Fsp3) is 0.391. The zero-order valence-corrected chi connectivity index (χ0v) is 16.8. The van der Waals surface area contributed by atoms with Gasteiger partial charge in [-0.3, -0.25) is 9.59 Å². The van der Waals surface area contributed by atoms with E-state index in [1.54, 1.807) is 0 Å². The topological polar surface area (TPSA) is 54.4 Å². The van der Waals surface area contributed by atoms with Crippen molar-refractivity contribution in [2.75, 3.05) is 0 Å². The highest BCUT2D eigenvalue weighted by Crippen LogP contribution is 2.22. The third-order valence-corrected chi connectivity index (χ3v) is 4.47. The molecule has 0 aliphatic rings. The molecule has 1 N–H and O–H groups in total. The highest BCUT2D eigenvalue weighted by atomic mass is 16.4. The van der Waals surface area contributed by atoms with E-state index in [0.717, 1.165) is 27.8 Å². The van der Waals surface area contributed by atoms with Gasteiger partial charge in [0.15, 0.2) is 5.78 Å². The van der Waals surface area contributed by atoms with E-state index < -0.39 is 5.97 Å². The van der Waals surface area contributed by atoms with Gasteiger partial charge in [-0.05, 0) is 61.9 Å². The highest BCUT2D eigenvalue weighted by molar-refractivity contribution is 6.11. The van der Waals surface area contributed by atoms with Crippen LogP contribution in [0.4, 0.5) is 0 Å². The van der Waals surface area contributed by atoms with Crippen LogP contribution in [0.3, 0.4) is 0 Å². The molecule has 3 heteroatoms. The second-order valence-electron chi connectivity index (χ2n) is 6.76. The number of ketones is 1. The van der Waals surface area contributed by atoms with Crippen LogP contribution in [0.1, 0.15) is 70.4 Å². The Hall–Kier alpha value is -2.42. The summed E-state index contributed by atoms with van der Waals surface area (Å²) >= 11 is 0. The fourth-order valence-corrected chi connectivity index (χ4v) is 2.73. The molecule has 2 rings (SSSR count). The number of hydrogen-bond donors (Lipinski definition) is 1. The predicted molar refractivity (Wildman–Crippen MR) is 107 cm³/mol. The van der Waals surface area contributed by atoms with E-state index in [0.29, 0.717) is 12.0 Å². The van der Waals surface area contributed by atoms with Gasteiger partial charge in [0.2, 0.25) is 0 Å². The van der Waals surface area contributed by atoms with E-state index in [4.69, 9.17) is 5.11 Å². The minimum Gasteiger partial charge on any atom is -0.481 e. The molecule has 0 atom stereocenters. The highest BCUT2D eigenvalue weighted by Gasteiger charge is 2.16. The van der Waals surface area contributed by atoms with Crippen molar-refractivity contribution in [2.24, 2.45) is 0 Å². The van der Waals surface area contributed by atoms with Gasteiger partial charge < -0.3 is 5.11 Å². The van der Waals surface area contributed by atoms with Crippen LogP contribution in [0, 0.1) is 27.7 Å². The minimum atomic E-state index is -0.812. The molecule has 0 radical (unpaired) electrons. The van der Waals surface area contributed by atoms with E-state index in [2.05, 4.69) is 13.8 Å². The molecule has 0 bridgehead atoms. The summed E-state index contributed by atoms with van der Waals surface area (Å²) in [5.41, 5.74) is 6.58. The van der Waals surface area contributed by atoms with Crippen molar-refractivity contribution in [1.82, 2.24) is 0 Å². The average molecular weight is 354 g/mol. The van der Waals surface area contributed by atoms with Gasteiger partial charge in [0.25, 0.3) is 0 Å². The van der Waals surface area contributed by atoms with Gasteiger partial charge in [0.05, 0.1) is 0 Å². The summed E-state index contributed by atoms with van der Waals surface area (Å²) in [4.78, 5) is 23.5. The maximum atomic E-state index is 12.8. The molecule has 0 fully saturated rings. The zero-order chi connectivity index (χ0) is 19.9. The van der Waals surface area contributed by atoms with E-state index in [1.165, 1.54) is 12.0 Å². The minimum absolute atomic E-state index is 0.0212. The van der Waals surface area contributed by atoms with Crippen LogP contribution in [0.2, 0.25) is 0 Å². The quantitative estimate of drug-likeness (QED) is 0.713. The Balaban J connectivity index is 0.00000105. The third-order valence-electron chi connectivity index (χ3n) is 4.47. The summed E-state index contributed by atoms with van der Waals surface area (Å²) in [6.07, 6.45) is 1.83. The van der Waals surface area contributed by atoms with Gasteiger partial charge in [-0.25, -0.2) is 0 Å². The Kier molecular flexibility index (Phi) is 8.24. The first-order valence-electron chi connectivity index (χ1n) is 9.15. The first-order chi connectivity index (χ1) is 12.2. The second kappa shape index (κ2) is 9.91. The largest absolute Gasteiger partial charge is 0.481 e. The average Bonchev–Trinajstić information content (AvgIpc) is 2.58. The van der Waals surface area contributed by atoms with Crippen molar-refractivity contribution in [3.63, 3.8) is 0 Å². The second-order valence-corrected chi connectivity index (χ2v) is 6.76. The van der Waals surface area contributed by atoms with E-state index >= 15 is 0 Å². The standard InChI is InChI=1S/C20H22O3.C3H8/c1-12-5-8-18(15(4)14(12)3)20(23)17-9-6-16(11-13(17)2)7-10-19(21)22;1-3-2/h5-6,8-9,11H,7,10H2,1-4H3,(H,21,22);3H2,1-2H3. The predicted octanol–water partition coefficient (Wildman–Crippen LogP) is 5.58. The summed E-state index contributed by atoms with van der Waals surface area (Å²) in [6, 6.07) is 9.43. The summed E-state index contributed by atoms with van der Waals surface area (Å²) in [7, 11) is 0. The molecular formula is C23H30O3. The Morgan fingerprint density at radius 3 is 1.96 bits per heavy atom. The van der Waals surface area contributed by atoms with Crippen molar-refractivity contribution >= 4 is 11.8 Å². The number of rotatable bonds is 5. The van der Waals surface area contributed by atoms with Crippen LogP contribution in [-0.2, 0) is 11.2 Å². The molecule has 0 unspecified atom stereocenters. The van der Waals surface area contributed by atoms with Gasteiger partial charge in [-0.2, -0.15) is 0 Å². The van der Waals surface area contributed by atoms with Crippen molar-refractivity contribution in [1.29, 1.82) is 0 Å². The maximum Gasteiger partial charge on any atom is 0.303 e. The van der Waals surface area contributed by atoms with Gasteiger partial charge in [0.1, 0.15) is 0 Å². The first kappa shape index (κ1) is 21.6. The van der Waals surface area contributed by atoms with E-state index in [-0.39, 0.29) is 12.2 Å². The molecule has 0 spiro atoms. The van der Waals surface area contributed by atoms with Crippen LogP contribution in [0.25, 0.3) is 0 Å². The van der Waals surface area contributed by atoms with Gasteiger partial charge in [0, 0.05) is 17.5 Å². The molecule has 0 amide bonds. The lowest BCUT2D eigenvalue weighted by molar-refractivity contribution is -0.136. The molecule has 3 nitrogen and oxygen atoms in total. The number of carbonyl (C=O) groups is 2. The molecule has 0 heterocycles. The smallest absolute Gasteiger partial charge is 0.303 e. The number of carboxylic acids is 1. The molecule has 0 saturated carbocycles. The van der Waals surface area contributed by atoms with Gasteiger partial charge >= 0.3 is 5.97 Å². The lowest BCUT2D eigenvalue weighted by Crippen LogP contribution is -2.08. The third kappa shape index (κ3) is 5.55. The van der Waals surface area contributed by atoms with Crippen LogP contribution in [-0.4, -0.2) is 16.9 Å². The van der Waals surface area contributed by atoms with Crippen LogP contribution >= 0.6 is 0 Å². The van der Waals surface area contributed by atoms with E-state index in [1.807, 2.05) is 58.0 Å². The van der Waals surface area contributed by atoms with Crippen LogP contribution in [0.5, 0.6) is 0 Å². The molecule has 140 valence electrons. The summed E-state index contributed by atoms with van der Waals surface area (Å²) in [6.45, 7) is 12.2. The molecule has 26 heavy (non-hydrogen) atoms. The lowest BCUT2D eigenvalue weighted by atomic mass is 9.91. The van der Waals surface area contributed by atoms with E-state index in [9.17, 15) is 9.59 Å². The first-order valence-corrected chi connectivity index (χ1v) is 9.15. The molecule has 0 saturated heterocycles. The number of aliphatic carboxylic acids is 1. The SMILES string of the molecule is CCC.Cc1cc(CCC(=O)O)ccc1C(=O)c1ccc(C)c(C)c1C. The molecule has 0 aliphatic carbocycles. The fourth-order valence-electron chi connectivity index (χ4n) is 2.73. The lowest BCUT2D eigenvalue weighted by Gasteiger charge is -2.12. The number of benzene rings is 2. The number of carboxylic acid groups (broad SMARTS) is 1. The zero-order valence-electron chi connectivity index (χ0n) is 16.8. The number of aryl methyl sites for hydroxylation is 3. The summed E-state index contributed by atoms with van der Waals surface area (Å²) < 4.78 is 0. The number of hydrogen-bond acceptors (Lipinski definition) is 2.